The van der Waals surface area contributed by atoms with Gasteiger partial charge in [0.2, 0.25) is 5.91 Å². The monoisotopic (exact) mass is 278 g/mol. The summed E-state index contributed by atoms with van der Waals surface area (Å²) in [6, 6.07) is 8.34. The summed E-state index contributed by atoms with van der Waals surface area (Å²) in [5, 5.41) is 21.5. The number of aliphatic hydroxyl groups excluding tert-OH is 2. The third kappa shape index (κ3) is 4.03. The van der Waals surface area contributed by atoms with E-state index in [2.05, 4.69) is 28.4 Å². The number of nitrogens with zero attached hydrogens (tertiary/aromatic N) is 1. The van der Waals surface area contributed by atoms with E-state index >= 15 is 0 Å². The van der Waals surface area contributed by atoms with Crippen LogP contribution in [0.3, 0.4) is 0 Å². The van der Waals surface area contributed by atoms with Crippen LogP contribution in [-0.4, -0.2) is 52.9 Å². The third-order valence-electron chi connectivity index (χ3n) is 3.57. The van der Waals surface area contributed by atoms with Crippen LogP contribution in [0.15, 0.2) is 24.3 Å². The number of carbonyl (C=O) groups is 1. The molecule has 3 N–H and O–H groups in total. The van der Waals surface area contributed by atoms with E-state index in [-0.39, 0.29) is 6.54 Å². The average Bonchev–Trinajstić information content (AvgIpc) is 2.44. The predicted octanol–water partition coefficient (Wildman–Crippen LogP) is -0.0974. The molecule has 5 nitrogen and oxygen atoms in total. The fraction of sp³-hybridized carbons (Fsp3) is 0.533. The molecule has 20 heavy (non-hydrogen) atoms. The van der Waals surface area contributed by atoms with Gasteiger partial charge in [0, 0.05) is 26.2 Å². The molecule has 0 bridgehead atoms. The Hall–Kier alpha value is -1.43. The van der Waals surface area contributed by atoms with Gasteiger partial charge in [-0.1, -0.05) is 24.3 Å². The number of benzene rings is 1. The molecule has 0 radical (unpaired) electrons. The van der Waals surface area contributed by atoms with Gasteiger partial charge in [-0.3, -0.25) is 9.69 Å². The van der Waals surface area contributed by atoms with Gasteiger partial charge in [0.25, 0.3) is 0 Å². The van der Waals surface area contributed by atoms with Crippen molar-refractivity contribution < 1.29 is 15.0 Å². The van der Waals surface area contributed by atoms with Crippen LogP contribution in [-0.2, 0) is 17.8 Å². The minimum atomic E-state index is -1.04. The van der Waals surface area contributed by atoms with Gasteiger partial charge in [-0.05, 0) is 24.5 Å². The van der Waals surface area contributed by atoms with E-state index < -0.39 is 18.1 Å². The van der Waals surface area contributed by atoms with Crippen molar-refractivity contribution in [3.8, 4) is 0 Å². The normalized spacial score (nSPS) is 18.1. The number of fused-ring (bicyclic) bond motifs is 1. The maximum absolute atomic E-state index is 11.2. The van der Waals surface area contributed by atoms with Gasteiger partial charge in [0.1, 0.15) is 6.10 Å². The molecule has 1 aromatic carbocycles. The van der Waals surface area contributed by atoms with E-state index in [0.29, 0.717) is 6.54 Å². The van der Waals surface area contributed by atoms with Crippen molar-refractivity contribution in [2.24, 2.45) is 0 Å². The minimum absolute atomic E-state index is 0.169. The zero-order valence-electron chi connectivity index (χ0n) is 11.7. The first-order valence-electron chi connectivity index (χ1n) is 6.99. The van der Waals surface area contributed by atoms with Crippen LogP contribution in [0.2, 0.25) is 0 Å². The van der Waals surface area contributed by atoms with Gasteiger partial charge in [-0.2, -0.15) is 0 Å². The van der Waals surface area contributed by atoms with Gasteiger partial charge in [-0.15, -0.1) is 0 Å². The summed E-state index contributed by atoms with van der Waals surface area (Å²) in [6.07, 6.45) is -0.671. The van der Waals surface area contributed by atoms with Gasteiger partial charge in [-0.25, -0.2) is 0 Å². The first-order valence-corrected chi connectivity index (χ1v) is 6.99. The molecule has 0 aromatic heterocycles. The number of nitrogens with one attached hydrogen (secondary N) is 1. The largest absolute Gasteiger partial charge is 0.390 e. The van der Waals surface area contributed by atoms with Crippen molar-refractivity contribution >= 4 is 5.91 Å². The molecule has 110 valence electrons. The third-order valence-corrected chi connectivity index (χ3v) is 3.57. The summed E-state index contributed by atoms with van der Waals surface area (Å²) in [4.78, 5) is 13.4. The van der Waals surface area contributed by atoms with Crippen LogP contribution in [0, 0.1) is 0 Å². The lowest BCUT2D eigenvalue weighted by Gasteiger charge is -2.30. The van der Waals surface area contributed by atoms with E-state index in [4.69, 9.17) is 5.11 Å². The Morgan fingerprint density at radius 3 is 2.75 bits per heavy atom. The van der Waals surface area contributed by atoms with E-state index in [1.165, 1.54) is 18.1 Å². The molecular formula is C15H22N2O3. The molecule has 1 heterocycles. The molecule has 1 aliphatic rings. The van der Waals surface area contributed by atoms with Gasteiger partial charge < -0.3 is 15.5 Å². The van der Waals surface area contributed by atoms with Crippen molar-refractivity contribution in [2.45, 2.75) is 32.1 Å². The lowest BCUT2D eigenvalue weighted by Crippen LogP contribution is -2.43. The predicted molar refractivity (Wildman–Crippen MR) is 76.1 cm³/mol. The van der Waals surface area contributed by atoms with Crippen LogP contribution in [0.25, 0.3) is 0 Å². The average molecular weight is 278 g/mol. The molecule has 0 saturated carbocycles. The van der Waals surface area contributed by atoms with Crippen molar-refractivity contribution in [3.05, 3.63) is 35.4 Å². The fourth-order valence-electron chi connectivity index (χ4n) is 2.44. The quantitative estimate of drug-likeness (QED) is 0.703. The number of rotatable bonds is 5. The first-order chi connectivity index (χ1) is 9.56. The zero-order valence-corrected chi connectivity index (χ0v) is 11.7. The SMILES string of the molecule is CC(O)C(=O)NC[C@@H](O)CN1CCc2ccccc2C1. The summed E-state index contributed by atoms with van der Waals surface area (Å²) >= 11 is 0. The molecule has 1 aromatic rings. The summed E-state index contributed by atoms with van der Waals surface area (Å²) in [5.41, 5.74) is 2.68. The molecule has 1 amide bonds. The second-order valence-electron chi connectivity index (χ2n) is 5.33. The number of amides is 1. The van der Waals surface area contributed by atoms with Gasteiger partial charge >= 0.3 is 0 Å². The molecule has 0 spiro atoms. The molecular weight excluding hydrogens is 256 g/mol. The van der Waals surface area contributed by atoms with Crippen molar-refractivity contribution in [1.82, 2.24) is 10.2 Å². The smallest absolute Gasteiger partial charge is 0.248 e. The summed E-state index contributed by atoms with van der Waals surface area (Å²) in [7, 11) is 0. The van der Waals surface area contributed by atoms with E-state index in [9.17, 15) is 9.90 Å². The molecule has 1 aliphatic heterocycles. The Kier molecular flexibility index (Phi) is 5.11. The maximum atomic E-state index is 11.2. The van der Waals surface area contributed by atoms with E-state index in [1.54, 1.807) is 0 Å². The number of aliphatic hydroxyl groups is 2. The Morgan fingerprint density at radius 1 is 1.35 bits per heavy atom. The molecule has 2 rings (SSSR count). The summed E-state index contributed by atoms with van der Waals surface area (Å²) < 4.78 is 0. The topological polar surface area (TPSA) is 72.8 Å². The molecule has 0 fully saturated rings. The van der Waals surface area contributed by atoms with Gasteiger partial charge in [0.15, 0.2) is 0 Å². The second kappa shape index (κ2) is 6.83. The van der Waals surface area contributed by atoms with Gasteiger partial charge in [0.05, 0.1) is 6.10 Å². The van der Waals surface area contributed by atoms with Crippen LogP contribution in [0.4, 0.5) is 0 Å². The number of β-amino-alcohol motifs (C(OH)–C–C–N with tert-alkyl or cyclic N) is 1. The molecule has 0 aliphatic carbocycles. The maximum Gasteiger partial charge on any atom is 0.248 e. The highest BCUT2D eigenvalue weighted by Crippen LogP contribution is 2.18. The zero-order chi connectivity index (χ0) is 14.5. The van der Waals surface area contributed by atoms with E-state index in [0.717, 1.165) is 19.5 Å². The summed E-state index contributed by atoms with van der Waals surface area (Å²) in [6.45, 7) is 3.84. The van der Waals surface area contributed by atoms with Crippen LogP contribution in [0.1, 0.15) is 18.1 Å². The van der Waals surface area contributed by atoms with Crippen molar-refractivity contribution in [3.63, 3.8) is 0 Å². The molecule has 2 atom stereocenters. The van der Waals surface area contributed by atoms with E-state index in [1.807, 2.05) is 6.07 Å². The lowest BCUT2D eigenvalue weighted by atomic mass is 10.00. The number of carbonyl (C=O) groups excluding carboxylic acids is 1. The second-order valence-corrected chi connectivity index (χ2v) is 5.33. The minimum Gasteiger partial charge on any atom is -0.390 e. The Labute approximate surface area is 119 Å². The summed E-state index contributed by atoms with van der Waals surface area (Å²) in [5.74, 6) is -0.451. The Bertz CT molecular complexity index is 462. The highest BCUT2D eigenvalue weighted by Gasteiger charge is 2.19. The number of hydrogen-bond donors (Lipinski definition) is 3. The standard InChI is InChI=1S/C15H22N2O3/c1-11(18)15(20)16-8-14(19)10-17-7-6-12-4-2-3-5-13(12)9-17/h2-5,11,14,18-19H,6-10H2,1H3,(H,16,20)/t11?,14-/m1/s1. The Balaban J connectivity index is 1.79. The van der Waals surface area contributed by atoms with Crippen molar-refractivity contribution in [1.29, 1.82) is 0 Å². The first kappa shape index (κ1) is 15.0. The highest BCUT2D eigenvalue weighted by molar-refractivity contribution is 5.79. The van der Waals surface area contributed by atoms with Crippen LogP contribution in [0.5, 0.6) is 0 Å². The van der Waals surface area contributed by atoms with Crippen LogP contribution >= 0.6 is 0 Å². The molecule has 0 saturated heterocycles. The highest BCUT2D eigenvalue weighted by atomic mass is 16.3. The molecule has 5 heteroatoms. The fourth-order valence-corrected chi connectivity index (χ4v) is 2.44. The molecule has 1 unspecified atom stereocenters. The van der Waals surface area contributed by atoms with Crippen molar-refractivity contribution in [2.75, 3.05) is 19.6 Å². The number of hydrogen-bond acceptors (Lipinski definition) is 4. The lowest BCUT2D eigenvalue weighted by molar-refractivity contribution is -0.128. The van der Waals surface area contributed by atoms with Crippen LogP contribution < -0.4 is 5.32 Å². The Morgan fingerprint density at radius 2 is 2.05 bits per heavy atom.